The number of nitrogens with one attached hydrogen (secondary N) is 1. The van der Waals surface area contributed by atoms with E-state index in [2.05, 4.69) is 9.97 Å². The Bertz CT molecular complexity index is 1450. The Morgan fingerprint density at radius 1 is 1.20 bits per heavy atom. The molecular formula is C22H17F2N5O. The van der Waals surface area contributed by atoms with Crippen molar-refractivity contribution < 1.29 is 8.78 Å². The molecule has 0 unspecified atom stereocenters. The molecule has 1 aliphatic rings. The maximum Gasteiger partial charge on any atom is 0.248 e. The van der Waals surface area contributed by atoms with E-state index in [-0.39, 0.29) is 12.1 Å². The van der Waals surface area contributed by atoms with Crippen molar-refractivity contribution in [2.75, 3.05) is 19.0 Å². The zero-order valence-electron chi connectivity index (χ0n) is 16.3. The number of hydrogen-bond acceptors (Lipinski definition) is 4. The van der Waals surface area contributed by atoms with E-state index in [1.54, 1.807) is 6.20 Å². The Labute approximate surface area is 169 Å². The Morgan fingerprint density at radius 3 is 2.70 bits per heavy atom. The fourth-order valence-electron chi connectivity index (χ4n) is 3.71. The Kier molecular flexibility index (Phi) is 4.02. The van der Waals surface area contributed by atoms with E-state index in [1.165, 1.54) is 12.1 Å². The van der Waals surface area contributed by atoms with Crippen molar-refractivity contribution in [2.24, 2.45) is 0 Å². The highest BCUT2D eigenvalue weighted by Gasteiger charge is 2.20. The molecule has 0 fully saturated rings. The molecule has 0 spiro atoms. The molecule has 1 N–H and O–H groups in total. The first-order chi connectivity index (χ1) is 14.4. The highest BCUT2D eigenvalue weighted by Crippen LogP contribution is 2.31. The Hall–Kier alpha value is -3.81. The molecule has 0 amide bonds. The molecule has 0 saturated heterocycles. The van der Waals surface area contributed by atoms with Crippen LogP contribution in [0.3, 0.4) is 0 Å². The molecule has 8 heteroatoms. The Morgan fingerprint density at radius 2 is 2.00 bits per heavy atom. The third-order valence-corrected chi connectivity index (χ3v) is 5.23. The number of fused-ring (bicyclic) bond motifs is 2. The predicted molar refractivity (Wildman–Crippen MR) is 113 cm³/mol. The predicted octanol–water partition coefficient (Wildman–Crippen LogP) is 3.62. The normalized spacial score (nSPS) is 13.0. The molecule has 0 saturated carbocycles. The second-order valence-electron chi connectivity index (χ2n) is 7.34. The SMILES string of the molecule is CN(C)c1ccnc2c1nc(C1=CC=C1)n2Cc1cc(=O)[nH]c2c(F)c(F)ccc12. The second-order valence-corrected chi connectivity index (χ2v) is 7.34. The zero-order chi connectivity index (χ0) is 21.0. The van der Waals surface area contributed by atoms with Crippen LogP contribution in [0.2, 0.25) is 0 Å². The van der Waals surface area contributed by atoms with Gasteiger partial charge in [0.2, 0.25) is 5.56 Å². The van der Waals surface area contributed by atoms with Crippen LogP contribution in [0.25, 0.3) is 27.6 Å². The summed E-state index contributed by atoms with van der Waals surface area (Å²) in [5, 5.41) is 0.434. The number of allylic oxidation sites excluding steroid dienone is 4. The van der Waals surface area contributed by atoms with E-state index < -0.39 is 17.2 Å². The Balaban J connectivity index is 1.76. The van der Waals surface area contributed by atoms with Crippen LogP contribution in [-0.4, -0.2) is 33.6 Å². The largest absolute Gasteiger partial charge is 0.376 e. The summed E-state index contributed by atoms with van der Waals surface area (Å²) in [5.41, 5.74) is 3.12. The van der Waals surface area contributed by atoms with Gasteiger partial charge in [0.25, 0.3) is 0 Å². The summed E-state index contributed by atoms with van der Waals surface area (Å²) in [6, 6.07) is 5.82. The van der Waals surface area contributed by atoms with Gasteiger partial charge in [-0.05, 0) is 23.8 Å². The number of benzene rings is 1. The number of imidazole rings is 1. The fraction of sp³-hybridized carbons (Fsp3) is 0.136. The van der Waals surface area contributed by atoms with Gasteiger partial charge in [0, 0.05) is 37.3 Å². The summed E-state index contributed by atoms with van der Waals surface area (Å²) in [7, 11) is 3.86. The van der Waals surface area contributed by atoms with Crippen LogP contribution in [-0.2, 0) is 6.54 Å². The summed E-state index contributed by atoms with van der Waals surface area (Å²) >= 11 is 0. The molecule has 0 aliphatic heterocycles. The van der Waals surface area contributed by atoms with Gasteiger partial charge in [0.05, 0.1) is 17.7 Å². The van der Waals surface area contributed by atoms with Crippen LogP contribution in [0.1, 0.15) is 11.4 Å². The monoisotopic (exact) mass is 405 g/mol. The fourth-order valence-corrected chi connectivity index (χ4v) is 3.71. The maximum absolute atomic E-state index is 14.3. The molecule has 3 heterocycles. The number of aromatic nitrogens is 4. The molecule has 1 aromatic carbocycles. The third kappa shape index (κ3) is 2.72. The lowest BCUT2D eigenvalue weighted by Gasteiger charge is -2.14. The third-order valence-electron chi connectivity index (χ3n) is 5.23. The van der Waals surface area contributed by atoms with Gasteiger partial charge in [0.15, 0.2) is 17.3 Å². The van der Waals surface area contributed by atoms with Gasteiger partial charge in [-0.1, -0.05) is 18.2 Å². The second kappa shape index (κ2) is 6.62. The zero-order valence-corrected chi connectivity index (χ0v) is 16.3. The molecule has 1 aliphatic carbocycles. The van der Waals surface area contributed by atoms with E-state index in [1.807, 2.05) is 47.9 Å². The number of anilines is 1. The first-order valence-corrected chi connectivity index (χ1v) is 9.35. The standard InChI is InChI=1S/C22H17F2N5O/c1-28(2)16-8-9-25-22-20(16)27-21(12-4-3-5-12)29(22)11-13-10-17(30)26-19-14(13)6-7-15(23)18(19)24/h3-10H,11H2,1-2H3,(H,26,30). The van der Waals surface area contributed by atoms with E-state index in [9.17, 15) is 13.6 Å². The topological polar surface area (TPSA) is 66.8 Å². The average molecular weight is 405 g/mol. The first-order valence-electron chi connectivity index (χ1n) is 9.35. The van der Waals surface area contributed by atoms with Gasteiger partial charge in [-0.2, -0.15) is 0 Å². The van der Waals surface area contributed by atoms with Crippen molar-refractivity contribution in [1.29, 1.82) is 0 Å². The van der Waals surface area contributed by atoms with Gasteiger partial charge in [-0.15, -0.1) is 0 Å². The quantitative estimate of drug-likeness (QED) is 0.563. The number of aromatic amines is 1. The van der Waals surface area contributed by atoms with Crippen molar-refractivity contribution >= 4 is 33.3 Å². The number of H-pyrrole nitrogens is 1. The smallest absolute Gasteiger partial charge is 0.248 e. The van der Waals surface area contributed by atoms with Crippen LogP contribution in [0, 0.1) is 11.6 Å². The minimum atomic E-state index is -1.07. The molecule has 4 aromatic rings. The van der Waals surface area contributed by atoms with Crippen LogP contribution in [0.4, 0.5) is 14.5 Å². The lowest BCUT2D eigenvalue weighted by Crippen LogP contribution is -2.13. The maximum atomic E-state index is 14.3. The van der Waals surface area contributed by atoms with Gasteiger partial charge in [0.1, 0.15) is 11.3 Å². The molecular weight excluding hydrogens is 388 g/mol. The molecule has 5 rings (SSSR count). The van der Waals surface area contributed by atoms with Gasteiger partial charge < -0.3 is 14.5 Å². The molecule has 6 nitrogen and oxygen atoms in total. The highest BCUT2D eigenvalue weighted by molar-refractivity contribution is 5.91. The average Bonchev–Trinajstić information content (AvgIpc) is 3.01. The number of nitrogens with zero attached hydrogens (tertiary/aromatic N) is 4. The number of rotatable bonds is 4. The first kappa shape index (κ1) is 18.2. The van der Waals surface area contributed by atoms with Crippen LogP contribution >= 0.6 is 0 Å². The van der Waals surface area contributed by atoms with Crippen LogP contribution in [0.5, 0.6) is 0 Å². The lowest BCUT2D eigenvalue weighted by molar-refractivity contribution is 0.515. The molecule has 0 radical (unpaired) electrons. The van der Waals surface area contributed by atoms with E-state index >= 15 is 0 Å². The van der Waals surface area contributed by atoms with Crippen molar-refractivity contribution in [3.05, 3.63) is 82.1 Å². The van der Waals surface area contributed by atoms with Crippen LogP contribution < -0.4 is 10.5 Å². The minimum Gasteiger partial charge on any atom is -0.376 e. The van der Waals surface area contributed by atoms with Crippen molar-refractivity contribution in [2.45, 2.75) is 6.54 Å². The van der Waals surface area contributed by atoms with Crippen LogP contribution in [0.15, 0.2) is 53.5 Å². The summed E-state index contributed by atoms with van der Waals surface area (Å²) in [6.07, 6.45) is 7.51. The van der Waals surface area contributed by atoms with Gasteiger partial charge in [-0.25, -0.2) is 18.7 Å². The van der Waals surface area contributed by atoms with Crippen molar-refractivity contribution in [3.63, 3.8) is 0 Å². The molecule has 0 bridgehead atoms. The van der Waals surface area contributed by atoms with E-state index in [0.29, 0.717) is 22.4 Å². The number of pyridine rings is 2. The minimum absolute atomic E-state index is 0.145. The van der Waals surface area contributed by atoms with E-state index in [4.69, 9.17) is 4.98 Å². The van der Waals surface area contributed by atoms with Crippen molar-refractivity contribution in [3.8, 4) is 0 Å². The van der Waals surface area contributed by atoms with E-state index in [0.717, 1.165) is 22.8 Å². The summed E-state index contributed by atoms with van der Waals surface area (Å²) in [4.78, 5) is 25.9. The molecule has 30 heavy (non-hydrogen) atoms. The van der Waals surface area contributed by atoms with Crippen molar-refractivity contribution in [1.82, 2.24) is 19.5 Å². The van der Waals surface area contributed by atoms with Gasteiger partial charge in [-0.3, -0.25) is 4.79 Å². The summed E-state index contributed by atoms with van der Waals surface area (Å²) in [6.45, 7) is 0.229. The lowest BCUT2D eigenvalue weighted by atomic mass is 10.1. The number of hydrogen-bond donors (Lipinski definition) is 1. The molecule has 150 valence electrons. The molecule has 0 atom stereocenters. The number of halogens is 2. The summed E-state index contributed by atoms with van der Waals surface area (Å²) in [5.74, 6) is -1.38. The highest BCUT2D eigenvalue weighted by atomic mass is 19.2. The van der Waals surface area contributed by atoms with Gasteiger partial charge >= 0.3 is 0 Å². The molecule has 3 aromatic heterocycles. The summed E-state index contributed by atoms with van der Waals surface area (Å²) < 4.78 is 29.9.